The summed E-state index contributed by atoms with van der Waals surface area (Å²) < 4.78 is 11.7. The van der Waals surface area contributed by atoms with Gasteiger partial charge in [-0.2, -0.15) is 0 Å². The molecule has 2 aromatic rings. The fourth-order valence-electron chi connectivity index (χ4n) is 2.99. The van der Waals surface area contributed by atoms with Gasteiger partial charge >= 0.3 is 0 Å². The Kier molecular flexibility index (Phi) is 4.95. The molecule has 5 heteroatoms. The van der Waals surface area contributed by atoms with Crippen LogP contribution in [-0.2, 0) is 10.3 Å². The molecule has 1 aliphatic heterocycles. The van der Waals surface area contributed by atoms with Gasteiger partial charge in [0.2, 0.25) is 5.91 Å². The maximum absolute atomic E-state index is 13.0. The molecule has 2 N–H and O–H groups in total. The third kappa shape index (κ3) is 3.61. The number of amides is 1. The summed E-state index contributed by atoms with van der Waals surface area (Å²) in [5.74, 6) is 1.32. The van der Waals surface area contributed by atoms with Crippen LogP contribution in [0.4, 0.5) is 0 Å². The van der Waals surface area contributed by atoms with Crippen molar-refractivity contribution in [3.63, 3.8) is 0 Å². The molecular weight excluding hydrogens is 316 g/mol. The lowest BCUT2D eigenvalue weighted by Gasteiger charge is -2.35. The van der Waals surface area contributed by atoms with Crippen LogP contribution in [-0.4, -0.2) is 36.6 Å². The Morgan fingerprint density at radius 2 is 1.80 bits per heavy atom. The van der Waals surface area contributed by atoms with Crippen LogP contribution in [0.3, 0.4) is 0 Å². The lowest BCUT2D eigenvalue weighted by atomic mass is 9.91. The highest BCUT2D eigenvalue weighted by molar-refractivity contribution is 5.87. The number of fused-ring (bicyclic) bond motifs is 1. The average Bonchev–Trinajstić information content (AvgIpc) is 2.66. The van der Waals surface area contributed by atoms with Gasteiger partial charge in [-0.25, -0.2) is 0 Å². The fraction of sp³-hybridized carbons (Fsp3) is 0.350. The highest BCUT2D eigenvalue weighted by atomic mass is 16.6. The molecule has 25 heavy (non-hydrogen) atoms. The van der Waals surface area contributed by atoms with Crippen LogP contribution in [0, 0.1) is 0 Å². The quantitative estimate of drug-likeness (QED) is 0.908. The Hall–Kier alpha value is -2.53. The van der Waals surface area contributed by atoms with Gasteiger partial charge in [-0.3, -0.25) is 4.79 Å². The summed E-state index contributed by atoms with van der Waals surface area (Å²) in [6.07, 6.45) is -0.217. The second kappa shape index (κ2) is 7.15. The predicted molar refractivity (Wildman–Crippen MR) is 96.6 cm³/mol. The molecule has 3 rings (SSSR count). The van der Waals surface area contributed by atoms with E-state index in [0.717, 1.165) is 11.3 Å². The number of ether oxygens (including phenoxy) is 2. The second-order valence-electron chi connectivity index (χ2n) is 6.41. The maximum Gasteiger partial charge on any atom is 0.247 e. The standard InChI is InChI=1S/C20H24N2O3/c1-3-22(19(23)20(2,21)15-9-5-4-6-10-15)13-16-14-24-17-11-7-8-12-18(17)25-16/h4-12,16H,3,13-14,21H2,1-2H3. The fourth-order valence-corrected chi connectivity index (χ4v) is 2.99. The van der Waals surface area contributed by atoms with Gasteiger partial charge in [0.25, 0.3) is 0 Å². The lowest BCUT2D eigenvalue weighted by Crippen LogP contribution is -2.54. The summed E-state index contributed by atoms with van der Waals surface area (Å²) >= 11 is 0. The Morgan fingerprint density at radius 1 is 1.16 bits per heavy atom. The molecule has 5 nitrogen and oxygen atoms in total. The van der Waals surface area contributed by atoms with E-state index >= 15 is 0 Å². The van der Waals surface area contributed by atoms with Crippen LogP contribution in [0.25, 0.3) is 0 Å². The van der Waals surface area contributed by atoms with Gasteiger partial charge in [0.1, 0.15) is 12.1 Å². The Bertz CT molecular complexity index is 731. The molecule has 132 valence electrons. The van der Waals surface area contributed by atoms with E-state index in [1.165, 1.54) is 0 Å². The van der Waals surface area contributed by atoms with Crippen molar-refractivity contribution in [2.24, 2.45) is 5.73 Å². The number of likely N-dealkylation sites (N-methyl/N-ethyl adjacent to an activating group) is 1. The molecule has 0 radical (unpaired) electrons. The third-order valence-corrected chi connectivity index (χ3v) is 4.48. The maximum atomic E-state index is 13.0. The second-order valence-corrected chi connectivity index (χ2v) is 6.41. The molecule has 2 atom stereocenters. The minimum absolute atomic E-state index is 0.122. The molecule has 2 aromatic carbocycles. The smallest absolute Gasteiger partial charge is 0.247 e. The van der Waals surface area contributed by atoms with Crippen molar-refractivity contribution in [2.75, 3.05) is 19.7 Å². The number of carbonyl (C=O) groups is 1. The van der Waals surface area contributed by atoms with E-state index in [1.54, 1.807) is 11.8 Å². The van der Waals surface area contributed by atoms with Crippen LogP contribution in [0.1, 0.15) is 19.4 Å². The van der Waals surface area contributed by atoms with Crippen LogP contribution >= 0.6 is 0 Å². The largest absolute Gasteiger partial charge is 0.486 e. The van der Waals surface area contributed by atoms with Gasteiger partial charge in [0.05, 0.1) is 6.54 Å². The number of hydrogen-bond donors (Lipinski definition) is 1. The monoisotopic (exact) mass is 340 g/mol. The molecule has 1 amide bonds. The average molecular weight is 340 g/mol. The first-order valence-corrected chi connectivity index (χ1v) is 8.54. The van der Waals surface area contributed by atoms with Crippen molar-refractivity contribution >= 4 is 5.91 Å². The molecule has 0 saturated heterocycles. The van der Waals surface area contributed by atoms with Crippen molar-refractivity contribution in [1.82, 2.24) is 4.90 Å². The predicted octanol–water partition coefficient (Wildman–Crippen LogP) is 2.55. The summed E-state index contributed by atoms with van der Waals surface area (Å²) in [6.45, 7) is 5.09. The van der Waals surface area contributed by atoms with Gasteiger partial charge in [-0.1, -0.05) is 42.5 Å². The molecule has 2 unspecified atom stereocenters. The zero-order valence-electron chi connectivity index (χ0n) is 14.6. The first-order valence-electron chi connectivity index (χ1n) is 8.54. The zero-order valence-corrected chi connectivity index (χ0v) is 14.6. The topological polar surface area (TPSA) is 64.8 Å². The summed E-state index contributed by atoms with van der Waals surface area (Å²) in [5.41, 5.74) is 6.09. The molecule has 0 aromatic heterocycles. The first-order chi connectivity index (χ1) is 12.0. The van der Waals surface area contributed by atoms with E-state index in [-0.39, 0.29) is 12.0 Å². The van der Waals surface area contributed by atoms with Gasteiger partial charge in [0.15, 0.2) is 17.6 Å². The van der Waals surface area contributed by atoms with Gasteiger partial charge in [-0.15, -0.1) is 0 Å². The van der Waals surface area contributed by atoms with Gasteiger partial charge in [-0.05, 0) is 31.5 Å². The van der Waals surface area contributed by atoms with E-state index < -0.39 is 5.54 Å². The summed E-state index contributed by atoms with van der Waals surface area (Å²) in [4.78, 5) is 14.8. The Morgan fingerprint density at radius 3 is 2.48 bits per heavy atom. The molecule has 0 aliphatic carbocycles. The molecule has 0 saturated carbocycles. The highest BCUT2D eigenvalue weighted by Gasteiger charge is 2.35. The third-order valence-electron chi connectivity index (χ3n) is 4.48. The van der Waals surface area contributed by atoms with Gasteiger partial charge in [0, 0.05) is 6.54 Å². The number of rotatable bonds is 5. The van der Waals surface area contributed by atoms with E-state index in [4.69, 9.17) is 15.2 Å². The minimum atomic E-state index is -1.08. The summed E-state index contributed by atoms with van der Waals surface area (Å²) in [7, 11) is 0. The molecule has 0 fully saturated rings. The van der Waals surface area contributed by atoms with Crippen LogP contribution in [0.2, 0.25) is 0 Å². The number of carbonyl (C=O) groups excluding carboxylic acids is 1. The SMILES string of the molecule is CCN(CC1COc2ccccc2O1)C(=O)C(C)(N)c1ccccc1. The highest BCUT2D eigenvalue weighted by Crippen LogP contribution is 2.31. The minimum Gasteiger partial charge on any atom is -0.486 e. The summed E-state index contributed by atoms with van der Waals surface area (Å²) in [6, 6.07) is 17.0. The van der Waals surface area contributed by atoms with E-state index in [2.05, 4.69) is 0 Å². The number of nitrogens with two attached hydrogens (primary N) is 1. The number of hydrogen-bond acceptors (Lipinski definition) is 4. The van der Waals surface area contributed by atoms with Crippen molar-refractivity contribution < 1.29 is 14.3 Å². The van der Waals surface area contributed by atoms with Crippen molar-refractivity contribution in [2.45, 2.75) is 25.5 Å². The number of nitrogens with zero attached hydrogens (tertiary/aromatic N) is 1. The first kappa shape index (κ1) is 17.3. The zero-order chi connectivity index (χ0) is 17.9. The lowest BCUT2D eigenvalue weighted by molar-refractivity contribution is -0.138. The molecule has 0 spiro atoms. The summed E-state index contributed by atoms with van der Waals surface area (Å²) in [5, 5.41) is 0. The molecule has 1 heterocycles. The van der Waals surface area contributed by atoms with Gasteiger partial charge < -0.3 is 20.1 Å². The number of benzene rings is 2. The Labute approximate surface area is 148 Å². The van der Waals surface area contributed by atoms with Crippen molar-refractivity contribution in [1.29, 1.82) is 0 Å². The molecule has 1 aliphatic rings. The molecule has 0 bridgehead atoms. The van der Waals surface area contributed by atoms with E-state index in [0.29, 0.717) is 25.4 Å². The van der Waals surface area contributed by atoms with Crippen molar-refractivity contribution in [3.05, 3.63) is 60.2 Å². The van der Waals surface area contributed by atoms with E-state index in [9.17, 15) is 4.79 Å². The number of para-hydroxylation sites is 2. The molecular formula is C20H24N2O3. The van der Waals surface area contributed by atoms with Crippen LogP contribution < -0.4 is 15.2 Å². The van der Waals surface area contributed by atoms with Crippen LogP contribution in [0.5, 0.6) is 11.5 Å². The Balaban J connectivity index is 1.71. The van der Waals surface area contributed by atoms with Crippen LogP contribution in [0.15, 0.2) is 54.6 Å². The van der Waals surface area contributed by atoms with Crippen molar-refractivity contribution in [3.8, 4) is 11.5 Å². The normalized spacial score (nSPS) is 18.3. The van der Waals surface area contributed by atoms with E-state index in [1.807, 2.05) is 61.5 Å².